The number of pyridine rings is 1. The first-order chi connectivity index (χ1) is 11.4. The standard InChI is InChI=1S/C22H25NS/c1-15-12-18(22(3,4)5)13-16(2)19(15)14-24-20-10-6-8-17-9-7-11-23-21(17)20/h6-13H,14H2,1-5H3. The van der Waals surface area contributed by atoms with E-state index in [1.165, 1.54) is 32.5 Å². The highest BCUT2D eigenvalue weighted by atomic mass is 32.2. The van der Waals surface area contributed by atoms with Crippen molar-refractivity contribution in [1.29, 1.82) is 0 Å². The molecule has 124 valence electrons. The number of aryl methyl sites for hydroxylation is 2. The van der Waals surface area contributed by atoms with E-state index in [-0.39, 0.29) is 5.41 Å². The number of para-hydroxylation sites is 1. The maximum absolute atomic E-state index is 4.56. The SMILES string of the molecule is Cc1cc(C(C)(C)C)cc(C)c1CSc1cccc2cccnc12. The van der Waals surface area contributed by atoms with Gasteiger partial charge < -0.3 is 0 Å². The third kappa shape index (κ3) is 3.49. The minimum Gasteiger partial charge on any atom is -0.255 e. The molecule has 24 heavy (non-hydrogen) atoms. The van der Waals surface area contributed by atoms with Crippen LogP contribution in [0, 0.1) is 13.8 Å². The lowest BCUT2D eigenvalue weighted by Crippen LogP contribution is -2.12. The Balaban J connectivity index is 1.89. The van der Waals surface area contributed by atoms with Crippen molar-refractivity contribution in [2.45, 2.75) is 50.7 Å². The van der Waals surface area contributed by atoms with E-state index in [0.717, 1.165) is 11.3 Å². The molecule has 3 rings (SSSR count). The summed E-state index contributed by atoms with van der Waals surface area (Å²) in [5.41, 5.74) is 6.94. The largest absolute Gasteiger partial charge is 0.255 e. The summed E-state index contributed by atoms with van der Waals surface area (Å²) < 4.78 is 0. The Labute approximate surface area is 149 Å². The van der Waals surface area contributed by atoms with E-state index in [4.69, 9.17) is 0 Å². The summed E-state index contributed by atoms with van der Waals surface area (Å²) in [5.74, 6) is 0.984. The molecule has 0 fully saturated rings. The van der Waals surface area contributed by atoms with E-state index in [0.29, 0.717) is 0 Å². The minimum absolute atomic E-state index is 0.195. The van der Waals surface area contributed by atoms with Gasteiger partial charge in [-0.3, -0.25) is 4.98 Å². The van der Waals surface area contributed by atoms with E-state index < -0.39 is 0 Å². The second-order valence-electron chi connectivity index (χ2n) is 7.46. The van der Waals surface area contributed by atoms with E-state index in [1.54, 1.807) is 0 Å². The molecule has 0 atom stereocenters. The molecule has 1 nitrogen and oxygen atoms in total. The van der Waals surface area contributed by atoms with Gasteiger partial charge in [-0.25, -0.2) is 0 Å². The highest BCUT2D eigenvalue weighted by molar-refractivity contribution is 7.98. The molecule has 2 aromatic carbocycles. The van der Waals surface area contributed by atoms with E-state index >= 15 is 0 Å². The quantitative estimate of drug-likeness (QED) is 0.511. The highest BCUT2D eigenvalue weighted by Crippen LogP contribution is 2.33. The monoisotopic (exact) mass is 335 g/mol. The Morgan fingerprint density at radius 3 is 2.29 bits per heavy atom. The summed E-state index contributed by atoms with van der Waals surface area (Å²) in [5, 5.41) is 1.21. The number of rotatable bonds is 3. The van der Waals surface area contributed by atoms with Crippen molar-refractivity contribution in [1.82, 2.24) is 4.98 Å². The molecule has 0 aliphatic rings. The Bertz CT molecular complexity index is 846. The van der Waals surface area contributed by atoms with Crippen LogP contribution in [0.3, 0.4) is 0 Å². The van der Waals surface area contributed by atoms with Crippen molar-refractivity contribution >= 4 is 22.7 Å². The molecule has 0 amide bonds. The van der Waals surface area contributed by atoms with Gasteiger partial charge in [0, 0.05) is 22.2 Å². The molecule has 0 N–H and O–H groups in total. The summed E-state index contributed by atoms with van der Waals surface area (Å²) in [6.07, 6.45) is 1.88. The molecular weight excluding hydrogens is 310 g/mol. The van der Waals surface area contributed by atoms with E-state index in [9.17, 15) is 0 Å². The molecule has 0 spiro atoms. The summed E-state index contributed by atoms with van der Waals surface area (Å²) >= 11 is 1.88. The lowest BCUT2D eigenvalue weighted by atomic mass is 9.84. The van der Waals surface area contributed by atoms with Crippen molar-refractivity contribution in [3.63, 3.8) is 0 Å². The van der Waals surface area contributed by atoms with Crippen LogP contribution in [-0.2, 0) is 11.2 Å². The van der Waals surface area contributed by atoms with Crippen LogP contribution in [0.2, 0.25) is 0 Å². The van der Waals surface area contributed by atoms with Gasteiger partial charge in [0.25, 0.3) is 0 Å². The van der Waals surface area contributed by atoms with Crippen molar-refractivity contribution in [2.24, 2.45) is 0 Å². The van der Waals surface area contributed by atoms with Crippen LogP contribution in [0.1, 0.15) is 43.0 Å². The van der Waals surface area contributed by atoms with Crippen LogP contribution in [0.5, 0.6) is 0 Å². The first kappa shape index (κ1) is 17.0. The number of aromatic nitrogens is 1. The number of thioether (sulfide) groups is 1. The van der Waals surface area contributed by atoms with Crippen molar-refractivity contribution in [3.05, 3.63) is 70.9 Å². The van der Waals surface area contributed by atoms with Gasteiger partial charge in [0.15, 0.2) is 0 Å². The molecule has 0 saturated carbocycles. The third-order valence-electron chi connectivity index (χ3n) is 4.53. The Morgan fingerprint density at radius 1 is 0.958 bits per heavy atom. The second-order valence-corrected chi connectivity index (χ2v) is 8.48. The number of fused-ring (bicyclic) bond motifs is 1. The lowest BCUT2D eigenvalue weighted by molar-refractivity contribution is 0.589. The maximum atomic E-state index is 4.56. The molecule has 0 radical (unpaired) electrons. The van der Waals surface area contributed by atoms with Crippen LogP contribution >= 0.6 is 11.8 Å². The molecule has 1 heterocycles. The zero-order valence-electron chi connectivity index (χ0n) is 15.2. The van der Waals surface area contributed by atoms with Gasteiger partial charge >= 0.3 is 0 Å². The number of hydrogen-bond acceptors (Lipinski definition) is 2. The average Bonchev–Trinajstić information content (AvgIpc) is 2.53. The summed E-state index contributed by atoms with van der Waals surface area (Å²) in [7, 11) is 0. The van der Waals surface area contributed by atoms with Crippen LogP contribution in [0.4, 0.5) is 0 Å². The fraction of sp³-hybridized carbons (Fsp3) is 0.318. The number of benzene rings is 2. The molecule has 0 aliphatic heterocycles. The fourth-order valence-corrected chi connectivity index (χ4v) is 4.23. The summed E-state index contributed by atoms with van der Waals surface area (Å²) in [4.78, 5) is 5.82. The highest BCUT2D eigenvalue weighted by Gasteiger charge is 2.16. The van der Waals surface area contributed by atoms with Crippen LogP contribution < -0.4 is 0 Å². The first-order valence-corrected chi connectivity index (χ1v) is 9.42. The smallest absolute Gasteiger partial charge is 0.0837 e. The van der Waals surface area contributed by atoms with Gasteiger partial charge in [0.2, 0.25) is 0 Å². The zero-order valence-corrected chi connectivity index (χ0v) is 16.0. The van der Waals surface area contributed by atoms with Gasteiger partial charge in [-0.2, -0.15) is 0 Å². The minimum atomic E-state index is 0.195. The molecule has 1 aromatic heterocycles. The van der Waals surface area contributed by atoms with E-state index in [1.807, 2.05) is 24.0 Å². The molecule has 0 bridgehead atoms. The van der Waals surface area contributed by atoms with Gasteiger partial charge in [0.1, 0.15) is 0 Å². The molecule has 0 saturated heterocycles. The second kappa shape index (κ2) is 6.60. The molecule has 3 aromatic rings. The van der Waals surface area contributed by atoms with Gasteiger partial charge in [0.05, 0.1) is 5.52 Å². The topological polar surface area (TPSA) is 12.9 Å². The van der Waals surface area contributed by atoms with Crippen molar-refractivity contribution in [3.8, 4) is 0 Å². The third-order valence-corrected chi connectivity index (χ3v) is 5.60. The summed E-state index contributed by atoms with van der Waals surface area (Å²) in [6, 6.07) is 15.2. The Kier molecular flexibility index (Phi) is 4.69. The van der Waals surface area contributed by atoms with Crippen LogP contribution in [-0.4, -0.2) is 4.98 Å². The number of nitrogens with zero attached hydrogens (tertiary/aromatic N) is 1. The Morgan fingerprint density at radius 2 is 1.62 bits per heavy atom. The van der Waals surface area contributed by atoms with Gasteiger partial charge in [-0.15, -0.1) is 11.8 Å². The van der Waals surface area contributed by atoms with Crippen LogP contribution in [0.25, 0.3) is 10.9 Å². The predicted molar refractivity (Wildman–Crippen MR) is 106 cm³/mol. The fourth-order valence-electron chi connectivity index (χ4n) is 3.00. The lowest BCUT2D eigenvalue weighted by Gasteiger charge is -2.22. The van der Waals surface area contributed by atoms with Gasteiger partial charge in [-0.05, 0) is 53.6 Å². The first-order valence-electron chi connectivity index (χ1n) is 8.43. The van der Waals surface area contributed by atoms with Gasteiger partial charge in [-0.1, -0.05) is 51.1 Å². The van der Waals surface area contributed by atoms with Crippen LogP contribution in [0.15, 0.2) is 53.6 Å². The normalized spacial score (nSPS) is 11.9. The molecule has 0 unspecified atom stereocenters. The van der Waals surface area contributed by atoms with Crippen molar-refractivity contribution in [2.75, 3.05) is 0 Å². The molecule has 0 aliphatic carbocycles. The average molecular weight is 336 g/mol. The van der Waals surface area contributed by atoms with Crippen molar-refractivity contribution < 1.29 is 0 Å². The zero-order chi connectivity index (χ0) is 17.3. The number of hydrogen-bond donors (Lipinski definition) is 0. The van der Waals surface area contributed by atoms with E-state index in [2.05, 4.69) is 76.0 Å². The summed E-state index contributed by atoms with van der Waals surface area (Å²) in [6.45, 7) is 11.3. The predicted octanol–water partition coefficient (Wildman–Crippen LogP) is 6.44. The maximum Gasteiger partial charge on any atom is 0.0837 e. The molecule has 2 heteroatoms. The Hall–Kier alpha value is -1.80. The molecular formula is C22H25NS.